The van der Waals surface area contributed by atoms with Crippen molar-refractivity contribution in [2.45, 2.75) is 6.92 Å². The van der Waals surface area contributed by atoms with Gasteiger partial charge in [0.2, 0.25) is 0 Å². The molecule has 1 aliphatic rings. The van der Waals surface area contributed by atoms with E-state index in [1.807, 2.05) is 0 Å². The Labute approximate surface area is 113 Å². The van der Waals surface area contributed by atoms with Gasteiger partial charge in [-0.25, -0.2) is 13.2 Å². The Morgan fingerprint density at radius 3 is 2.42 bits per heavy atom. The number of carbonyl (C=O) groups is 1. The molecule has 0 aromatic heterocycles. The highest BCUT2D eigenvalue weighted by Crippen LogP contribution is 2.17. The largest absolute Gasteiger partial charge is 0.462 e. The molecule has 19 heavy (non-hydrogen) atoms. The molecule has 1 heterocycles. The lowest BCUT2D eigenvalue weighted by Gasteiger charge is -2.26. The van der Waals surface area contributed by atoms with Crippen LogP contribution in [0.4, 0.5) is 0 Å². The number of morpholine rings is 1. The van der Waals surface area contributed by atoms with E-state index in [1.54, 1.807) is 21.0 Å². The summed E-state index contributed by atoms with van der Waals surface area (Å²) in [5.74, 6) is -0.831. The molecule has 0 bridgehead atoms. The molecule has 0 spiro atoms. The Morgan fingerprint density at radius 2 is 1.95 bits per heavy atom. The van der Waals surface area contributed by atoms with Gasteiger partial charge < -0.3 is 14.4 Å². The van der Waals surface area contributed by atoms with Crippen molar-refractivity contribution in [1.29, 1.82) is 0 Å². The number of rotatable bonds is 5. The minimum Gasteiger partial charge on any atom is -0.462 e. The maximum absolute atomic E-state index is 12.4. The first-order valence-electron chi connectivity index (χ1n) is 6.03. The van der Waals surface area contributed by atoms with Gasteiger partial charge >= 0.3 is 5.97 Å². The van der Waals surface area contributed by atoms with Crippen molar-refractivity contribution in [3.8, 4) is 0 Å². The first-order chi connectivity index (χ1) is 8.89. The zero-order chi connectivity index (χ0) is 14.5. The van der Waals surface area contributed by atoms with Crippen LogP contribution >= 0.6 is 0 Å². The molecule has 0 aliphatic carbocycles. The molecule has 110 valence electrons. The Morgan fingerprint density at radius 1 is 1.37 bits per heavy atom. The molecule has 1 saturated heterocycles. The standard InChI is InChI=1S/C11H20N2O5S/c1-4-18-11(14)10(9-12(2)3)19(15,16)13-5-7-17-8-6-13/h9H,4-8H2,1-3H3/b10-9+. The van der Waals surface area contributed by atoms with Gasteiger partial charge in [-0.3, -0.25) is 0 Å². The molecule has 0 amide bonds. The van der Waals surface area contributed by atoms with E-state index in [0.717, 1.165) is 0 Å². The van der Waals surface area contributed by atoms with Gasteiger partial charge in [-0.15, -0.1) is 0 Å². The summed E-state index contributed by atoms with van der Waals surface area (Å²) in [4.78, 5) is 13.0. The quantitative estimate of drug-likeness (QED) is 0.507. The van der Waals surface area contributed by atoms with Crippen molar-refractivity contribution in [2.24, 2.45) is 0 Å². The Hall–Kier alpha value is -1.12. The summed E-state index contributed by atoms with van der Waals surface area (Å²) >= 11 is 0. The van der Waals surface area contributed by atoms with Crippen LogP contribution in [0.25, 0.3) is 0 Å². The van der Waals surface area contributed by atoms with Crippen molar-refractivity contribution >= 4 is 16.0 Å². The Bertz CT molecular complexity index is 438. The van der Waals surface area contributed by atoms with Crippen LogP contribution < -0.4 is 0 Å². The summed E-state index contributed by atoms with van der Waals surface area (Å²) in [5, 5.41) is 0. The first-order valence-corrected chi connectivity index (χ1v) is 7.47. The van der Waals surface area contributed by atoms with Crippen LogP contribution in [-0.4, -0.2) is 70.6 Å². The Kier molecular flexibility index (Phi) is 5.77. The molecule has 0 N–H and O–H groups in total. The minimum atomic E-state index is -3.84. The average Bonchev–Trinajstić information content (AvgIpc) is 2.37. The molecule has 0 aromatic rings. The molecule has 1 aliphatic heterocycles. The first kappa shape index (κ1) is 15.9. The van der Waals surface area contributed by atoms with E-state index in [0.29, 0.717) is 13.2 Å². The molecule has 0 unspecified atom stereocenters. The second-order valence-corrected chi connectivity index (χ2v) is 6.10. The minimum absolute atomic E-state index is 0.127. The Balaban J connectivity index is 3.05. The van der Waals surface area contributed by atoms with E-state index in [2.05, 4.69) is 0 Å². The number of esters is 1. The number of nitrogens with zero attached hydrogens (tertiary/aromatic N) is 2. The van der Waals surface area contributed by atoms with Gasteiger partial charge in [0.1, 0.15) is 0 Å². The molecule has 1 fully saturated rings. The number of hydrogen-bond acceptors (Lipinski definition) is 6. The number of ether oxygens (including phenoxy) is 2. The predicted molar refractivity (Wildman–Crippen MR) is 69.7 cm³/mol. The normalized spacial score (nSPS) is 18.2. The van der Waals surface area contributed by atoms with Crippen molar-refractivity contribution in [3.05, 3.63) is 11.1 Å². The fraction of sp³-hybridized carbons (Fsp3) is 0.727. The number of carbonyl (C=O) groups excluding carboxylic acids is 1. The van der Waals surface area contributed by atoms with Crippen molar-refractivity contribution in [1.82, 2.24) is 9.21 Å². The molecule has 0 atom stereocenters. The second-order valence-electron chi connectivity index (χ2n) is 4.19. The SMILES string of the molecule is CCOC(=O)/C(=C\N(C)C)S(=O)(=O)N1CCOCC1. The summed E-state index contributed by atoms with van der Waals surface area (Å²) in [6, 6.07) is 0. The van der Waals surface area contributed by atoms with Crippen LogP contribution in [0.15, 0.2) is 11.1 Å². The molecule has 8 heteroatoms. The van der Waals surface area contributed by atoms with Gasteiger partial charge in [0, 0.05) is 33.4 Å². The highest BCUT2D eigenvalue weighted by Gasteiger charge is 2.33. The van der Waals surface area contributed by atoms with E-state index >= 15 is 0 Å². The van der Waals surface area contributed by atoms with Crippen LogP contribution in [0.2, 0.25) is 0 Å². The molecule has 0 aromatic carbocycles. The molecule has 1 rings (SSSR count). The lowest BCUT2D eigenvalue weighted by atomic mass is 10.5. The summed E-state index contributed by atoms with van der Waals surface area (Å²) in [6.07, 6.45) is 1.27. The highest BCUT2D eigenvalue weighted by molar-refractivity contribution is 7.94. The van der Waals surface area contributed by atoms with Crippen molar-refractivity contribution < 1.29 is 22.7 Å². The van der Waals surface area contributed by atoms with E-state index in [-0.39, 0.29) is 24.6 Å². The van der Waals surface area contributed by atoms with E-state index in [9.17, 15) is 13.2 Å². The number of hydrogen-bond donors (Lipinski definition) is 0. The van der Waals surface area contributed by atoms with Crippen molar-refractivity contribution in [2.75, 3.05) is 47.0 Å². The molecule has 0 radical (unpaired) electrons. The summed E-state index contributed by atoms with van der Waals surface area (Å²) in [6.45, 7) is 2.91. The fourth-order valence-corrected chi connectivity index (χ4v) is 3.11. The smallest absolute Gasteiger partial charge is 0.352 e. The maximum Gasteiger partial charge on any atom is 0.352 e. The third kappa shape index (κ3) is 4.19. The maximum atomic E-state index is 12.4. The van der Waals surface area contributed by atoms with Crippen LogP contribution in [0, 0.1) is 0 Å². The van der Waals surface area contributed by atoms with Gasteiger partial charge in [0.15, 0.2) is 4.91 Å². The van der Waals surface area contributed by atoms with Gasteiger partial charge in [0.05, 0.1) is 19.8 Å². The van der Waals surface area contributed by atoms with Crippen LogP contribution in [0.1, 0.15) is 6.92 Å². The topological polar surface area (TPSA) is 76.2 Å². The molecule has 0 saturated carbocycles. The second kappa shape index (κ2) is 6.88. The molecule has 7 nitrogen and oxygen atoms in total. The molecular formula is C11H20N2O5S. The zero-order valence-electron chi connectivity index (χ0n) is 11.5. The number of sulfonamides is 1. The van der Waals surface area contributed by atoms with Gasteiger partial charge in [-0.2, -0.15) is 4.31 Å². The highest BCUT2D eigenvalue weighted by atomic mass is 32.2. The van der Waals surface area contributed by atoms with Crippen LogP contribution in [0.5, 0.6) is 0 Å². The van der Waals surface area contributed by atoms with Gasteiger partial charge in [-0.05, 0) is 6.92 Å². The van der Waals surface area contributed by atoms with E-state index in [1.165, 1.54) is 15.4 Å². The fourth-order valence-electron chi connectivity index (χ4n) is 1.59. The molecular weight excluding hydrogens is 272 g/mol. The lowest BCUT2D eigenvalue weighted by molar-refractivity contribution is -0.137. The summed E-state index contributed by atoms with van der Waals surface area (Å²) in [7, 11) is -0.549. The van der Waals surface area contributed by atoms with Crippen molar-refractivity contribution in [3.63, 3.8) is 0 Å². The summed E-state index contributed by atoms with van der Waals surface area (Å²) in [5.41, 5.74) is 0. The lowest BCUT2D eigenvalue weighted by Crippen LogP contribution is -2.42. The monoisotopic (exact) mass is 292 g/mol. The predicted octanol–water partition coefficient (Wildman–Crippen LogP) is -0.385. The van der Waals surface area contributed by atoms with Gasteiger partial charge in [0.25, 0.3) is 10.0 Å². The van der Waals surface area contributed by atoms with Crippen LogP contribution in [-0.2, 0) is 24.3 Å². The third-order valence-electron chi connectivity index (χ3n) is 2.44. The van der Waals surface area contributed by atoms with Gasteiger partial charge in [-0.1, -0.05) is 0 Å². The third-order valence-corrected chi connectivity index (χ3v) is 4.31. The van der Waals surface area contributed by atoms with E-state index in [4.69, 9.17) is 9.47 Å². The van der Waals surface area contributed by atoms with Crippen LogP contribution in [0.3, 0.4) is 0 Å². The van der Waals surface area contributed by atoms with E-state index < -0.39 is 16.0 Å². The zero-order valence-corrected chi connectivity index (χ0v) is 12.3. The average molecular weight is 292 g/mol. The summed E-state index contributed by atoms with van der Waals surface area (Å²) < 4.78 is 36.0.